The van der Waals surface area contributed by atoms with E-state index in [0.717, 1.165) is 0 Å². The average molecular weight is 403 g/mol. The first-order valence-corrected chi connectivity index (χ1v) is 7.22. The van der Waals surface area contributed by atoms with Crippen molar-refractivity contribution in [3.8, 4) is 0 Å². The molecule has 0 heterocycles. The zero-order valence-electron chi connectivity index (χ0n) is 10.2. The highest BCUT2D eigenvalue weighted by molar-refractivity contribution is 9.10. The second-order valence-corrected chi connectivity index (χ2v) is 5.76. The number of rotatable bonds is 3. The minimum absolute atomic E-state index is 0.0207. The summed E-state index contributed by atoms with van der Waals surface area (Å²) in [6.45, 7) is -0.0207. The third-order valence-corrected chi connectivity index (χ3v) is 4.09. The van der Waals surface area contributed by atoms with Gasteiger partial charge in [-0.1, -0.05) is 15.9 Å². The Kier molecular flexibility index (Phi) is 4.77. The van der Waals surface area contributed by atoms with Crippen LogP contribution in [0.25, 0.3) is 0 Å². The minimum atomic E-state index is -0.514. The van der Waals surface area contributed by atoms with E-state index in [1.54, 1.807) is 18.2 Å². The summed E-state index contributed by atoms with van der Waals surface area (Å²) in [4.78, 5) is 11.9. The van der Waals surface area contributed by atoms with Crippen molar-refractivity contribution in [2.75, 3.05) is 5.73 Å². The molecule has 2 N–H and O–H groups in total. The topological polar surface area (TPSA) is 52.3 Å². The molecule has 0 atom stereocenters. The van der Waals surface area contributed by atoms with Crippen molar-refractivity contribution < 1.29 is 13.9 Å². The average Bonchev–Trinajstić information content (AvgIpc) is 2.42. The number of carbonyl (C=O) groups is 1. The fourth-order valence-corrected chi connectivity index (χ4v) is 2.16. The SMILES string of the molecule is Nc1cc(C(=O)OCc2cc(F)ccc2Br)ccc1Br. The van der Waals surface area contributed by atoms with E-state index in [1.165, 1.54) is 18.2 Å². The Hall–Kier alpha value is -1.40. The van der Waals surface area contributed by atoms with Crippen LogP contribution in [0.1, 0.15) is 15.9 Å². The summed E-state index contributed by atoms with van der Waals surface area (Å²) in [6.07, 6.45) is 0. The van der Waals surface area contributed by atoms with Crippen LogP contribution in [0.5, 0.6) is 0 Å². The van der Waals surface area contributed by atoms with E-state index in [-0.39, 0.29) is 12.4 Å². The Morgan fingerprint density at radius 3 is 2.55 bits per heavy atom. The van der Waals surface area contributed by atoms with Crippen LogP contribution in [0.4, 0.5) is 10.1 Å². The monoisotopic (exact) mass is 401 g/mol. The fraction of sp³-hybridized carbons (Fsp3) is 0.0714. The molecule has 0 saturated carbocycles. The van der Waals surface area contributed by atoms with Gasteiger partial charge in [0.15, 0.2) is 0 Å². The third-order valence-electron chi connectivity index (χ3n) is 2.60. The van der Waals surface area contributed by atoms with Crippen LogP contribution >= 0.6 is 31.9 Å². The summed E-state index contributed by atoms with van der Waals surface area (Å²) in [5.41, 5.74) is 7.05. The number of ether oxygens (including phenoxy) is 1. The summed E-state index contributed by atoms with van der Waals surface area (Å²) in [6, 6.07) is 8.99. The second-order valence-electron chi connectivity index (χ2n) is 4.05. The van der Waals surface area contributed by atoms with Gasteiger partial charge in [0.2, 0.25) is 0 Å². The van der Waals surface area contributed by atoms with E-state index in [0.29, 0.717) is 25.8 Å². The van der Waals surface area contributed by atoms with Crippen LogP contribution in [0, 0.1) is 5.82 Å². The number of nitrogens with two attached hydrogens (primary N) is 1. The van der Waals surface area contributed by atoms with Crippen LogP contribution in [0.2, 0.25) is 0 Å². The molecule has 2 aromatic rings. The first-order valence-electron chi connectivity index (χ1n) is 5.63. The molecule has 0 spiro atoms. The number of benzene rings is 2. The van der Waals surface area contributed by atoms with Gasteiger partial charge in [0.25, 0.3) is 0 Å². The lowest BCUT2D eigenvalue weighted by molar-refractivity contribution is 0.0471. The van der Waals surface area contributed by atoms with Gasteiger partial charge in [-0.05, 0) is 52.3 Å². The highest BCUT2D eigenvalue weighted by atomic mass is 79.9. The van der Waals surface area contributed by atoms with Gasteiger partial charge in [-0.15, -0.1) is 0 Å². The van der Waals surface area contributed by atoms with Crippen LogP contribution < -0.4 is 5.73 Å². The fourth-order valence-electron chi connectivity index (χ4n) is 1.55. The number of halogens is 3. The lowest BCUT2D eigenvalue weighted by atomic mass is 10.2. The largest absolute Gasteiger partial charge is 0.457 e. The Morgan fingerprint density at radius 1 is 1.15 bits per heavy atom. The molecule has 0 unspecified atom stereocenters. The van der Waals surface area contributed by atoms with Crippen molar-refractivity contribution in [2.45, 2.75) is 6.61 Å². The van der Waals surface area contributed by atoms with E-state index in [9.17, 15) is 9.18 Å². The third kappa shape index (κ3) is 3.58. The van der Waals surface area contributed by atoms with Crippen LogP contribution in [-0.2, 0) is 11.3 Å². The Bertz CT molecular complexity index is 662. The lowest BCUT2D eigenvalue weighted by Gasteiger charge is -2.08. The minimum Gasteiger partial charge on any atom is -0.457 e. The molecule has 3 nitrogen and oxygen atoms in total. The Labute approximate surface area is 132 Å². The number of carbonyl (C=O) groups excluding carboxylic acids is 1. The number of anilines is 1. The van der Waals surface area contributed by atoms with Crippen molar-refractivity contribution in [2.24, 2.45) is 0 Å². The van der Waals surface area contributed by atoms with E-state index < -0.39 is 5.97 Å². The van der Waals surface area contributed by atoms with Crippen LogP contribution in [0.15, 0.2) is 45.3 Å². The molecule has 6 heteroatoms. The Balaban J connectivity index is 2.08. The quantitative estimate of drug-likeness (QED) is 0.615. The molecule has 2 rings (SSSR count). The normalized spacial score (nSPS) is 10.3. The number of hydrogen-bond donors (Lipinski definition) is 1. The predicted octanol–water partition coefficient (Wildman–Crippen LogP) is 4.29. The summed E-state index contributed by atoms with van der Waals surface area (Å²) < 4.78 is 19.6. The predicted molar refractivity (Wildman–Crippen MR) is 81.8 cm³/mol. The van der Waals surface area contributed by atoms with Gasteiger partial charge in [-0.25, -0.2) is 9.18 Å². The summed E-state index contributed by atoms with van der Waals surface area (Å²) in [5, 5.41) is 0. The molecule has 0 fully saturated rings. The van der Waals surface area contributed by atoms with Gasteiger partial charge in [0.1, 0.15) is 12.4 Å². The maximum absolute atomic E-state index is 13.1. The first kappa shape index (κ1) is 15.0. The van der Waals surface area contributed by atoms with Gasteiger partial charge in [-0.3, -0.25) is 0 Å². The van der Waals surface area contributed by atoms with E-state index in [4.69, 9.17) is 10.5 Å². The summed E-state index contributed by atoms with van der Waals surface area (Å²) >= 11 is 6.52. The van der Waals surface area contributed by atoms with Crippen LogP contribution in [-0.4, -0.2) is 5.97 Å². The second kappa shape index (κ2) is 6.37. The van der Waals surface area contributed by atoms with Crippen molar-refractivity contribution in [1.82, 2.24) is 0 Å². The molecule has 0 radical (unpaired) electrons. The Morgan fingerprint density at radius 2 is 1.85 bits per heavy atom. The maximum Gasteiger partial charge on any atom is 0.338 e. The number of esters is 1. The van der Waals surface area contributed by atoms with Crippen molar-refractivity contribution >= 4 is 43.5 Å². The highest BCUT2D eigenvalue weighted by Gasteiger charge is 2.10. The number of nitrogen functional groups attached to an aromatic ring is 1. The highest BCUT2D eigenvalue weighted by Crippen LogP contribution is 2.22. The molecular weight excluding hydrogens is 393 g/mol. The number of hydrogen-bond acceptors (Lipinski definition) is 3. The first-order chi connectivity index (χ1) is 9.47. The molecule has 0 saturated heterocycles. The summed E-state index contributed by atoms with van der Waals surface area (Å²) in [7, 11) is 0. The molecule has 104 valence electrons. The zero-order valence-corrected chi connectivity index (χ0v) is 13.4. The molecular formula is C14H10Br2FNO2. The zero-order chi connectivity index (χ0) is 14.7. The van der Waals surface area contributed by atoms with Gasteiger partial charge in [0, 0.05) is 20.2 Å². The molecule has 0 aliphatic carbocycles. The molecule has 0 aliphatic heterocycles. The van der Waals surface area contributed by atoms with E-state index >= 15 is 0 Å². The smallest absolute Gasteiger partial charge is 0.338 e. The van der Waals surface area contributed by atoms with Gasteiger partial charge >= 0.3 is 5.97 Å². The maximum atomic E-state index is 13.1. The van der Waals surface area contributed by atoms with Gasteiger partial charge < -0.3 is 10.5 Å². The van der Waals surface area contributed by atoms with Crippen molar-refractivity contribution in [1.29, 1.82) is 0 Å². The van der Waals surface area contributed by atoms with Crippen molar-refractivity contribution in [3.05, 3.63) is 62.3 Å². The molecule has 0 aliphatic rings. The van der Waals surface area contributed by atoms with Crippen LogP contribution in [0.3, 0.4) is 0 Å². The standard InChI is InChI=1S/C14H10Br2FNO2/c15-11-4-2-10(17)5-9(11)7-20-14(19)8-1-3-12(16)13(18)6-8/h1-6H,7,18H2. The van der Waals surface area contributed by atoms with Crippen molar-refractivity contribution in [3.63, 3.8) is 0 Å². The van der Waals surface area contributed by atoms with Gasteiger partial charge in [-0.2, -0.15) is 0 Å². The van der Waals surface area contributed by atoms with Gasteiger partial charge in [0.05, 0.1) is 5.56 Å². The molecule has 20 heavy (non-hydrogen) atoms. The molecule has 0 aromatic heterocycles. The molecule has 0 bridgehead atoms. The van der Waals surface area contributed by atoms with E-state index in [1.807, 2.05) is 0 Å². The van der Waals surface area contributed by atoms with E-state index in [2.05, 4.69) is 31.9 Å². The molecule has 2 aromatic carbocycles. The molecule has 0 amide bonds. The summed E-state index contributed by atoms with van der Waals surface area (Å²) in [5.74, 6) is -0.896. The lowest BCUT2D eigenvalue weighted by Crippen LogP contribution is -2.06.